The normalized spacial score (nSPS) is 12.0. The van der Waals surface area contributed by atoms with Gasteiger partial charge in [0.05, 0.1) is 24.7 Å². The molecule has 0 aliphatic heterocycles. The summed E-state index contributed by atoms with van der Waals surface area (Å²) in [5, 5.41) is 3.35. The van der Waals surface area contributed by atoms with Gasteiger partial charge < -0.3 is 14.8 Å². The topological polar surface area (TPSA) is 30.5 Å². The molecule has 2 aromatic rings. The molecular weight excluding hydrogens is 330 g/mol. The van der Waals surface area contributed by atoms with E-state index in [1.807, 2.05) is 20.0 Å². The zero-order chi connectivity index (χ0) is 15.4. The molecule has 0 amide bonds. The van der Waals surface area contributed by atoms with Crippen LogP contribution in [0.2, 0.25) is 0 Å². The molecule has 3 nitrogen and oxygen atoms in total. The Morgan fingerprint density at radius 3 is 2.14 bits per heavy atom. The van der Waals surface area contributed by atoms with Crippen molar-refractivity contribution in [2.24, 2.45) is 0 Å². The third-order valence-corrected chi connectivity index (χ3v) is 4.18. The average molecular weight is 350 g/mol. The van der Waals surface area contributed by atoms with Crippen molar-refractivity contribution in [2.75, 3.05) is 21.3 Å². The van der Waals surface area contributed by atoms with Gasteiger partial charge in [-0.2, -0.15) is 0 Å². The first-order valence-corrected chi connectivity index (χ1v) is 7.55. The van der Waals surface area contributed by atoms with Gasteiger partial charge in [0.2, 0.25) is 0 Å². The van der Waals surface area contributed by atoms with Crippen molar-refractivity contribution >= 4 is 15.9 Å². The summed E-state index contributed by atoms with van der Waals surface area (Å²) in [5.41, 5.74) is 3.46. The number of ether oxygens (including phenoxy) is 2. The van der Waals surface area contributed by atoms with Crippen molar-refractivity contribution in [1.29, 1.82) is 0 Å². The van der Waals surface area contributed by atoms with E-state index in [2.05, 4.69) is 51.6 Å². The third kappa shape index (κ3) is 3.39. The smallest absolute Gasteiger partial charge is 0.133 e. The second kappa shape index (κ2) is 6.96. The minimum Gasteiger partial charge on any atom is -0.496 e. The Bertz CT molecular complexity index is 628. The average Bonchev–Trinajstić information content (AvgIpc) is 2.49. The zero-order valence-electron chi connectivity index (χ0n) is 12.7. The lowest BCUT2D eigenvalue weighted by atomic mass is 9.97. The fourth-order valence-corrected chi connectivity index (χ4v) is 2.96. The van der Waals surface area contributed by atoms with E-state index >= 15 is 0 Å². The van der Waals surface area contributed by atoms with Crippen LogP contribution in [0.25, 0.3) is 0 Å². The molecule has 0 aliphatic rings. The molecule has 0 radical (unpaired) electrons. The van der Waals surface area contributed by atoms with E-state index in [1.54, 1.807) is 14.2 Å². The fourth-order valence-electron chi connectivity index (χ4n) is 2.40. The van der Waals surface area contributed by atoms with Crippen LogP contribution in [0.4, 0.5) is 0 Å². The van der Waals surface area contributed by atoms with Crippen molar-refractivity contribution < 1.29 is 9.47 Å². The molecule has 2 rings (SSSR count). The van der Waals surface area contributed by atoms with Gasteiger partial charge in [-0.3, -0.25) is 0 Å². The Morgan fingerprint density at radius 2 is 1.57 bits per heavy atom. The molecule has 0 saturated heterocycles. The number of hydrogen-bond donors (Lipinski definition) is 1. The number of nitrogens with one attached hydrogen (secondary N) is 1. The Morgan fingerprint density at radius 1 is 0.952 bits per heavy atom. The molecule has 0 heterocycles. The molecule has 0 spiro atoms. The second-order valence-electron chi connectivity index (χ2n) is 4.84. The highest BCUT2D eigenvalue weighted by atomic mass is 79.9. The molecule has 1 atom stereocenters. The van der Waals surface area contributed by atoms with E-state index in [0.717, 1.165) is 32.7 Å². The van der Waals surface area contributed by atoms with Crippen molar-refractivity contribution in [3.8, 4) is 11.5 Å². The van der Waals surface area contributed by atoms with Gasteiger partial charge in [-0.15, -0.1) is 0 Å². The van der Waals surface area contributed by atoms with Gasteiger partial charge in [-0.05, 0) is 64.8 Å². The van der Waals surface area contributed by atoms with E-state index in [9.17, 15) is 0 Å². The Hall–Kier alpha value is -1.52. The summed E-state index contributed by atoms with van der Waals surface area (Å²) in [6, 6.07) is 12.5. The summed E-state index contributed by atoms with van der Waals surface area (Å²) in [6.07, 6.45) is 0. The zero-order valence-corrected chi connectivity index (χ0v) is 14.3. The molecule has 2 aromatic carbocycles. The van der Waals surface area contributed by atoms with Gasteiger partial charge in [0.15, 0.2) is 0 Å². The van der Waals surface area contributed by atoms with Gasteiger partial charge in [-0.1, -0.05) is 18.2 Å². The predicted molar refractivity (Wildman–Crippen MR) is 89.3 cm³/mol. The highest BCUT2D eigenvalue weighted by Gasteiger charge is 2.15. The Labute approximate surface area is 134 Å². The maximum atomic E-state index is 5.42. The molecule has 0 aliphatic carbocycles. The quantitative estimate of drug-likeness (QED) is 0.881. The number of aryl methyl sites for hydroxylation is 1. The number of methoxy groups -OCH3 is 2. The maximum Gasteiger partial charge on any atom is 0.133 e. The summed E-state index contributed by atoms with van der Waals surface area (Å²) in [7, 11) is 5.32. The molecule has 1 N–H and O–H groups in total. The van der Waals surface area contributed by atoms with Crippen LogP contribution in [0.3, 0.4) is 0 Å². The first-order valence-electron chi connectivity index (χ1n) is 6.76. The van der Waals surface area contributed by atoms with Gasteiger partial charge in [-0.25, -0.2) is 0 Å². The lowest BCUT2D eigenvalue weighted by molar-refractivity contribution is 0.410. The monoisotopic (exact) mass is 349 g/mol. The molecule has 112 valence electrons. The first kappa shape index (κ1) is 15.9. The second-order valence-corrected chi connectivity index (χ2v) is 5.70. The number of halogens is 1. The van der Waals surface area contributed by atoms with Crippen LogP contribution in [-0.2, 0) is 0 Å². The Kier molecular flexibility index (Phi) is 5.26. The van der Waals surface area contributed by atoms with Gasteiger partial charge in [0.25, 0.3) is 0 Å². The highest BCUT2D eigenvalue weighted by molar-refractivity contribution is 9.10. The number of hydrogen-bond acceptors (Lipinski definition) is 3. The summed E-state index contributed by atoms with van der Waals surface area (Å²) < 4.78 is 11.6. The van der Waals surface area contributed by atoms with E-state index < -0.39 is 0 Å². The van der Waals surface area contributed by atoms with Crippen molar-refractivity contribution in [1.82, 2.24) is 5.32 Å². The summed E-state index contributed by atoms with van der Waals surface area (Å²) in [5.74, 6) is 1.73. The summed E-state index contributed by atoms with van der Waals surface area (Å²) in [4.78, 5) is 0. The summed E-state index contributed by atoms with van der Waals surface area (Å²) in [6.45, 7) is 2.04. The first-order chi connectivity index (χ1) is 10.1. The molecule has 0 aromatic heterocycles. The van der Waals surface area contributed by atoms with Crippen LogP contribution < -0.4 is 14.8 Å². The van der Waals surface area contributed by atoms with Crippen LogP contribution in [-0.4, -0.2) is 21.3 Å². The van der Waals surface area contributed by atoms with Crippen molar-refractivity contribution in [3.63, 3.8) is 0 Å². The molecule has 0 fully saturated rings. The van der Waals surface area contributed by atoms with E-state index in [4.69, 9.17) is 9.47 Å². The highest BCUT2D eigenvalue weighted by Crippen LogP contribution is 2.32. The predicted octanol–water partition coefficient (Wildman–Crippen LogP) is 4.08. The van der Waals surface area contributed by atoms with Crippen LogP contribution in [0, 0.1) is 6.92 Å². The van der Waals surface area contributed by atoms with Crippen LogP contribution in [0.1, 0.15) is 22.7 Å². The standard InChI is InChI=1S/C17H20BrNO2/c1-11-5-6-13(10-16(11)21-4)17(19-2)12-7-8-15(20-3)14(18)9-12/h5-10,17,19H,1-4H3. The molecule has 4 heteroatoms. The number of rotatable bonds is 5. The van der Waals surface area contributed by atoms with Crippen LogP contribution >= 0.6 is 15.9 Å². The molecule has 21 heavy (non-hydrogen) atoms. The molecule has 0 saturated carbocycles. The SMILES string of the molecule is CNC(c1ccc(OC)c(Br)c1)c1ccc(C)c(OC)c1. The lowest BCUT2D eigenvalue weighted by Gasteiger charge is -2.19. The third-order valence-electron chi connectivity index (χ3n) is 3.56. The molecule has 0 bridgehead atoms. The van der Waals surface area contributed by atoms with Gasteiger partial charge in [0, 0.05) is 0 Å². The lowest BCUT2D eigenvalue weighted by Crippen LogP contribution is -2.17. The minimum atomic E-state index is 0.0988. The van der Waals surface area contributed by atoms with Crippen LogP contribution in [0.5, 0.6) is 11.5 Å². The van der Waals surface area contributed by atoms with Gasteiger partial charge >= 0.3 is 0 Å². The molecule has 1 unspecified atom stereocenters. The molecular formula is C17H20BrNO2. The van der Waals surface area contributed by atoms with E-state index in [0.29, 0.717) is 0 Å². The fraction of sp³-hybridized carbons (Fsp3) is 0.294. The maximum absolute atomic E-state index is 5.42. The minimum absolute atomic E-state index is 0.0988. The van der Waals surface area contributed by atoms with Crippen molar-refractivity contribution in [2.45, 2.75) is 13.0 Å². The van der Waals surface area contributed by atoms with Gasteiger partial charge in [0.1, 0.15) is 11.5 Å². The Balaban J connectivity index is 2.41. The van der Waals surface area contributed by atoms with E-state index in [1.165, 1.54) is 0 Å². The van der Waals surface area contributed by atoms with Crippen molar-refractivity contribution in [3.05, 3.63) is 57.6 Å². The van der Waals surface area contributed by atoms with Crippen LogP contribution in [0.15, 0.2) is 40.9 Å². The van der Waals surface area contributed by atoms with E-state index in [-0.39, 0.29) is 6.04 Å². The number of benzene rings is 2. The largest absolute Gasteiger partial charge is 0.496 e. The summed E-state index contributed by atoms with van der Waals surface area (Å²) >= 11 is 3.54.